The van der Waals surface area contributed by atoms with Gasteiger partial charge >= 0.3 is 5.97 Å². The van der Waals surface area contributed by atoms with Crippen molar-refractivity contribution in [2.45, 2.75) is 6.92 Å². The highest BCUT2D eigenvalue weighted by molar-refractivity contribution is 5.99. The standard InChI is InChI=1S/C21H17NO4/c1-15-13-22-12-11-19(15)21(24)25-14-20(23)16-7-9-18(10-8-16)26-17-5-3-2-4-6-17/h2-13H,14H2,1H3. The first kappa shape index (κ1) is 17.4. The van der Waals surface area contributed by atoms with Crippen LogP contribution in [0.25, 0.3) is 0 Å². The molecule has 26 heavy (non-hydrogen) atoms. The van der Waals surface area contributed by atoms with E-state index in [1.165, 1.54) is 6.20 Å². The highest BCUT2D eigenvalue weighted by Crippen LogP contribution is 2.21. The van der Waals surface area contributed by atoms with Crippen LogP contribution in [0.1, 0.15) is 26.3 Å². The first-order chi connectivity index (χ1) is 12.6. The largest absolute Gasteiger partial charge is 0.457 e. The van der Waals surface area contributed by atoms with E-state index < -0.39 is 5.97 Å². The molecule has 0 saturated heterocycles. The van der Waals surface area contributed by atoms with Gasteiger partial charge in [0.15, 0.2) is 12.4 Å². The summed E-state index contributed by atoms with van der Waals surface area (Å²) in [5.41, 5.74) is 1.55. The van der Waals surface area contributed by atoms with Crippen LogP contribution in [0.5, 0.6) is 11.5 Å². The molecule has 1 aromatic heterocycles. The van der Waals surface area contributed by atoms with Crippen molar-refractivity contribution in [3.63, 3.8) is 0 Å². The molecule has 2 aromatic carbocycles. The molecule has 0 aliphatic heterocycles. The number of para-hydroxylation sites is 1. The quantitative estimate of drug-likeness (QED) is 0.493. The fourth-order valence-electron chi connectivity index (χ4n) is 2.33. The number of hydrogen-bond donors (Lipinski definition) is 0. The molecule has 0 bridgehead atoms. The number of aromatic nitrogens is 1. The topological polar surface area (TPSA) is 65.5 Å². The average Bonchev–Trinajstić information content (AvgIpc) is 2.67. The third kappa shape index (κ3) is 4.33. The minimum Gasteiger partial charge on any atom is -0.457 e. The Labute approximate surface area is 151 Å². The van der Waals surface area contributed by atoms with Crippen molar-refractivity contribution >= 4 is 11.8 Å². The van der Waals surface area contributed by atoms with Crippen LogP contribution >= 0.6 is 0 Å². The fraction of sp³-hybridized carbons (Fsp3) is 0.0952. The van der Waals surface area contributed by atoms with Gasteiger partial charge in [0.2, 0.25) is 0 Å². The molecule has 0 amide bonds. The predicted octanol–water partition coefficient (Wildman–Crippen LogP) is 4.22. The Morgan fingerprint density at radius 3 is 2.31 bits per heavy atom. The Morgan fingerprint density at radius 2 is 1.62 bits per heavy atom. The van der Waals surface area contributed by atoms with E-state index in [0.29, 0.717) is 28.2 Å². The van der Waals surface area contributed by atoms with Crippen LogP contribution in [0, 0.1) is 6.92 Å². The smallest absolute Gasteiger partial charge is 0.338 e. The van der Waals surface area contributed by atoms with Crippen molar-refractivity contribution in [1.29, 1.82) is 0 Å². The lowest BCUT2D eigenvalue weighted by atomic mass is 10.1. The fourth-order valence-corrected chi connectivity index (χ4v) is 2.33. The van der Waals surface area contributed by atoms with Crippen molar-refractivity contribution in [2.75, 3.05) is 6.61 Å². The number of ketones is 1. The second kappa shape index (κ2) is 8.07. The Kier molecular flexibility index (Phi) is 5.39. The molecule has 0 unspecified atom stereocenters. The number of aryl methyl sites for hydroxylation is 1. The first-order valence-electron chi connectivity index (χ1n) is 8.07. The molecular formula is C21H17NO4. The molecule has 3 aromatic rings. The van der Waals surface area contributed by atoms with E-state index in [1.807, 2.05) is 30.3 Å². The van der Waals surface area contributed by atoms with Crippen molar-refractivity contribution in [3.05, 3.63) is 89.7 Å². The summed E-state index contributed by atoms with van der Waals surface area (Å²) in [6.45, 7) is 1.44. The minimum atomic E-state index is -0.540. The van der Waals surface area contributed by atoms with E-state index >= 15 is 0 Å². The van der Waals surface area contributed by atoms with Gasteiger partial charge in [-0.1, -0.05) is 18.2 Å². The van der Waals surface area contributed by atoms with E-state index in [2.05, 4.69) is 4.98 Å². The van der Waals surface area contributed by atoms with Gasteiger partial charge in [-0.05, 0) is 55.0 Å². The Morgan fingerprint density at radius 1 is 0.923 bits per heavy atom. The lowest BCUT2D eigenvalue weighted by Gasteiger charge is -2.08. The van der Waals surface area contributed by atoms with Gasteiger partial charge in [0.25, 0.3) is 0 Å². The summed E-state index contributed by atoms with van der Waals surface area (Å²) in [5.74, 6) is 0.518. The van der Waals surface area contributed by atoms with Crippen molar-refractivity contribution in [2.24, 2.45) is 0 Å². The third-order valence-electron chi connectivity index (χ3n) is 3.73. The summed E-state index contributed by atoms with van der Waals surface area (Å²) in [5, 5.41) is 0. The van der Waals surface area contributed by atoms with Gasteiger partial charge in [-0.3, -0.25) is 9.78 Å². The minimum absolute atomic E-state index is 0.281. The van der Waals surface area contributed by atoms with Crippen LogP contribution in [0.2, 0.25) is 0 Å². The van der Waals surface area contributed by atoms with Gasteiger partial charge in [-0.15, -0.1) is 0 Å². The molecule has 1 heterocycles. The second-order valence-electron chi connectivity index (χ2n) is 5.63. The molecular weight excluding hydrogens is 330 g/mol. The van der Waals surface area contributed by atoms with Gasteiger partial charge in [-0.25, -0.2) is 4.79 Å². The van der Waals surface area contributed by atoms with Crippen molar-refractivity contribution < 1.29 is 19.1 Å². The molecule has 0 atom stereocenters. The van der Waals surface area contributed by atoms with Crippen LogP contribution < -0.4 is 4.74 Å². The number of nitrogens with zero attached hydrogens (tertiary/aromatic N) is 1. The molecule has 5 nitrogen and oxygen atoms in total. The summed E-state index contributed by atoms with van der Waals surface area (Å²) in [6, 6.07) is 17.6. The lowest BCUT2D eigenvalue weighted by molar-refractivity contribution is 0.0474. The average molecular weight is 347 g/mol. The predicted molar refractivity (Wildman–Crippen MR) is 96.5 cm³/mol. The number of ether oxygens (including phenoxy) is 2. The molecule has 0 radical (unpaired) electrons. The Balaban J connectivity index is 1.58. The monoisotopic (exact) mass is 347 g/mol. The van der Waals surface area contributed by atoms with Gasteiger partial charge in [0, 0.05) is 18.0 Å². The molecule has 0 aliphatic rings. The molecule has 0 aliphatic carbocycles. The maximum Gasteiger partial charge on any atom is 0.338 e. The maximum absolute atomic E-state index is 12.2. The Bertz CT molecular complexity index is 905. The van der Waals surface area contributed by atoms with E-state index in [1.54, 1.807) is 43.5 Å². The summed E-state index contributed by atoms with van der Waals surface area (Å²) in [7, 11) is 0. The highest BCUT2D eigenvalue weighted by Gasteiger charge is 2.13. The van der Waals surface area contributed by atoms with E-state index in [0.717, 1.165) is 0 Å². The number of pyridine rings is 1. The van der Waals surface area contributed by atoms with Crippen LogP contribution in [0.4, 0.5) is 0 Å². The van der Waals surface area contributed by atoms with Gasteiger partial charge in [-0.2, -0.15) is 0 Å². The number of Topliss-reactive ketones (excluding diaryl/α,β-unsaturated/α-hetero) is 1. The normalized spacial score (nSPS) is 10.2. The molecule has 0 fully saturated rings. The summed E-state index contributed by atoms with van der Waals surface area (Å²) < 4.78 is 10.8. The van der Waals surface area contributed by atoms with Crippen molar-refractivity contribution in [3.8, 4) is 11.5 Å². The van der Waals surface area contributed by atoms with E-state index in [-0.39, 0.29) is 12.4 Å². The van der Waals surface area contributed by atoms with Crippen LogP contribution in [-0.4, -0.2) is 23.3 Å². The summed E-state index contributed by atoms with van der Waals surface area (Å²) in [6.07, 6.45) is 3.08. The van der Waals surface area contributed by atoms with Crippen LogP contribution in [-0.2, 0) is 4.74 Å². The van der Waals surface area contributed by atoms with E-state index in [9.17, 15) is 9.59 Å². The molecule has 0 saturated carbocycles. The van der Waals surface area contributed by atoms with Crippen LogP contribution in [0.3, 0.4) is 0 Å². The van der Waals surface area contributed by atoms with Crippen molar-refractivity contribution in [1.82, 2.24) is 4.98 Å². The third-order valence-corrected chi connectivity index (χ3v) is 3.73. The zero-order valence-electron chi connectivity index (χ0n) is 14.2. The summed E-state index contributed by atoms with van der Waals surface area (Å²) in [4.78, 5) is 28.2. The SMILES string of the molecule is Cc1cnccc1C(=O)OCC(=O)c1ccc(Oc2ccccc2)cc1. The molecule has 5 heteroatoms. The van der Waals surface area contributed by atoms with Gasteiger partial charge in [0.1, 0.15) is 11.5 Å². The summed E-state index contributed by atoms with van der Waals surface area (Å²) >= 11 is 0. The Hall–Kier alpha value is -3.47. The number of benzene rings is 2. The number of rotatable bonds is 6. The molecule has 130 valence electrons. The highest BCUT2D eigenvalue weighted by atomic mass is 16.5. The first-order valence-corrected chi connectivity index (χ1v) is 8.07. The zero-order valence-corrected chi connectivity index (χ0v) is 14.2. The van der Waals surface area contributed by atoms with Gasteiger partial charge in [0.05, 0.1) is 5.56 Å². The van der Waals surface area contributed by atoms with Crippen LogP contribution in [0.15, 0.2) is 73.1 Å². The maximum atomic E-state index is 12.2. The second-order valence-corrected chi connectivity index (χ2v) is 5.63. The lowest BCUT2D eigenvalue weighted by Crippen LogP contribution is -2.15. The zero-order chi connectivity index (χ0) is 18.4. The number of carbonyl (C=O) groups excluding carboxylic acids is 2. The van der Waals surface area contributed by atoms with E-state index in [4.69, 9.17) is 9.47 Å². The number of carbonyl (C=O) groups is 2. The van der Waals surface area contributed by atoms with Gasteiger partial charge < -0.3 is 9.47 Å². The number of esters is 1. The molecule has 0 N–H and O–H groups in total. The molecule has 3 rings (SSSR count). The number of hydrogen-bond acceptors (Lipinski definition) is 5. The molecule has 0 spiro atoms.